The van der Waals surface area contributed by atoms with Gasteiger partial charge in [0.05, 0.1) is 36.2 Å². The Kier molecular flexibility index (Phi) is 9.14. The minimum atomic E-state index is 0.745. The molecule has 0 atom stereocenters. The summed E-state index contributed by atoms with van der Waals surface area (Å²) in [6, 6.07) is 12.6. The summed E-state index contributed by atoms with van der Waals surface area (Å²) >= 11 is 5.78. The van der Waals surface area contributed by atoms with Crippen molar-refractivity contribution < 1.29 is 4.74 Å². The van der Waals surface area contributed by atoms with E-state index in [0.717, 1.165) is 89.8 Å². The maximum Gasteiger partial charge on any atom is 0.121 e. The van der Waals surface area contributed by atoms with Crippen LogP contribution in [0.3, 0.4) is 0 Å². The molecule has 0 amide bonds. The summed E-state index contributed by atoms with van der Waals surface area (Å²) in [6.07, 6.45) is 9.99. The number of aromatic nitrogens is 4. The molecule has 0 spiro atoms. The Hall–Kier alpha value is -3.16. The van der Waals surface area contributed by atoms with Crippen LogP contribution >= 0.6 is 11.6 Å². The third-order valence-corrected chi connectivity index (χ3v) is 6.41. The van der Waals surface area contributed by atoms with E-state index in [-0.39, 0.29) is 0 Å². The number of hydrogen-bond acceptors (Lipinski definition) is 6. The highest BCUT2D eigenvalue weighted by Crippen LogP contribution is 2.32. The molecule has 36 heavy (non-hydrogen) atoms. The van der Waals surface area contributed by atoms with Gasteiger partial charge in [-0.05, 0) is 75.2 Å². The van der Waals surface area contributed by atoms with Crippen molar-refractivity contribution >= 4 is 34.0 Å². The van der Waals surface area contributed by atoms with E-state index in [0.29, 0.717) is 0 Å². The number of alkyl halides is 1. The Morgan fingerprint density at radius 1 is 0.972 bits per heavy atom. The fourth-order valence-corrected chi connectivity index (χ4v) is 4.47. The highest BCUT2D eigenvalue weighted by atomic mass is 35.5. The van der Waals surface area contributed by atoms with E-state index in [1.54, 1.807) is 18.0 Å². The average Bonchev–Trinajstić information content (AvgIpc) is 3.33. The molecule has 0 aliphatic rings. The van der Waals surface area contributed by atoms with Crippen LogP contribution in [0.15, 0.2) is 55.0 Å². The smallest absolute Gasteiger partial charge is 0.121 e. The van der Waals surface area contributed by atoms with Gasteiger partial charge in [0.15, 0.2) is 0 Å². The van der Waals surface area contributed by atoms with Gasteiger partial charge in [0.2, 0.25) is 0 Å². The first kappa shape index (κ1) is 25.9. The second kappa shape index (κ2) is 12.7. The number of anilines is 2. The van der Waals surface area contributed by atoms with Crippen molar-refractivity contribution in [3.8, 4) is 17.0 Å². The Bertz CT molecular complexity index is 1270. The first-order valence-corrected chi connectivity index (χ1v) is 13.1. The summed E-state index contributed by atoms with van der Waals surface area (Å²) in [4.78, 5) is 11.9. The molecule has 0 fully saturated rings. The Morgan fingerprint density at radius 3 is 2.61 bits per heavy atom. The van der Waals surface area contributed by atoms with E-state index < -0.39 is 0 Å². The van der Waals surface area contributed by atoms with Crippen molar-refractivity contribution in [3.05, 3.63) is 60.6 Å². The van der Waals surface area contributed by atoms with Gasteiger partial charge in [0, 0.05) is 48.7 Å². The van der Waals surface area contributed by atoms with E-state index >= 15 is 0 Å². The molecule has 1 N–H and O–H groups in total. The molecule has 0 saturated heterocycles. The summed E-state index contributed by atoms with van der Waals surface area (Å²) in [5.41, 5.74) is 6.83. The second-order valence-electron chi connectivity index (χ2n) is 9.04. The maximum atomic E-state index is 5.78. The summed E-state index contributed by atoms with van der Waals surface area (Å²) < 4.78 is 7.34. The molecule has 0 aliphatic carbocycles. The molecule has 0 aliphatic heterocycles. The summed E-state index contributed by atoms with van der Waals surface area (Å²) in [5.74, 6) is 1.60. The van der Waals surface area contributed by atoms with Gasteiger partial charge in [-0.2, -0.15) is 5.10 Å². The van der Waals surface area contributed by atoms with Gasteiger partial charge in [-0.1, -0.05) is 6.42 Å². The van der Waals surface area contributed by atoms with E-state index in [2.05, 4.69) is 57.6 Å². The molecule has 190 valence electrons. The molecule has 0 saturated carbocycles. The lowest BCUT2D eigenvalue weighted by atomic mass is 10.1. The number of benzene rings is 2. The molecule has 8 heteroatoms. The monoisotopic (exact) mass is 506 g/mol. The van der Waals surface area contributed by atoms with Gasteiger partial charge < -0.3 is 15.0 Å². The molecule has 4 aromatic rings. The molecule has 0 radical (unpaired) electrons. The van der Waals surface area contributed by atoms with E-state index in [9.17, 15) is 0 Å². The Morgan fingerprint density at radius 2 is 1.83 bits per heavy atom. The summed E-state index contributed by atoms with van der Waals surface area (Å²) in [5, 5.41) is 7.84. The number of methoxy groups -OCH3 is 1. The zero-order valence-corrected chi connectivity index (χ0v) is 22.1. The Labute approximate surface area is 218 Å². The van der Waals surface area contributed by atoms with Crippen molar-refractivity contribution in [3.63, 3.8) is 0 Å². The number of halogens is 1. The molecule has 0 bridgehead atoms. The lowest BCUT2D eigenvalue weighted by Crippen LogP contribution is -2.24. The number of rotatable bonds is 13. The maximum absolute atomic E-state index is 5.78. The van der Waals surface area contributed by atoms with Crippen LogP contribution in [0.25, 0.3) is 22.3 Å². The zero-order valence-electron chi connectivity index (χ0n) is 21.4. The molecule has 7 nitrogen and oxygen atoms in total. The van der Waals surface area contributed by atoms with Crippen LogP contribution in [0.1, 0.15) is 31.2 Å². The fourth-order valence-electron chi connectivity index (χ4n) is 4.28. The minimum Gasteiger partial charge on any atom is -0.497 e. The molecule has 4 rings (SSSR count). The number of nitrogens with zero attached hydrogens (tertiary/aromatic N) is 5. The number of nitrogens with one attached hydrogen (secondary N) is 1. The quantitative estimate of drug-likeness (QED) is 0.180. The number of unbranched alkanes of at least 4 members (excludes halogenated alkanes) is 2. The van der Waals surface area contributed by atoms with Gasteiger partial charge in [-0.3, -0.25) is 9.67 Å². The minimum absolute atomic E-state index is 0.745. The molecular formula is C28H35ClN6O. The van der Waals surface area contributed by atoms with Crippen molar-refractivity contribution in [1.82, 2.24) is 25.1 Å². The van der Waals surface area contributed by atoms with Crippen molar-refractivity contribution in [2.75, 3.05) is 37.5 Å². The van der Waals surface area contributed by atoms with Gasteiger partial charge in [-0.15, -0.1) is 11.6 Å². The van der Waals surface area contributed by atoms with E-state index in [1.807, 2.05) is 25.5 Å². The number of aryl methyl sites for hydroxylation is 2. The van der Waals surface area contributed by atoms with Crippen molar-refractivity contribution in [2.45, 2.75) is 32.6 Å². The topological polar surface area (TPSA) is 68.1 Å². The highest BCUT2D eigenvalue weighted by molar-refractivity contribution is 6.17. The van der Waals surface area contributed by atoms with Crippen LogP contribution in [0, 0.1) is 6.92 Å². The van der Waals surface area contributed by atoms with E-state index in [4.69, 9.17) is 21.3 Å². The van der Waals surface area contributed by atoms with Gasteiger partial charge in [0.25, 0.3) is 0 Å². The molecular weight excluding hydrogens is 472 g/mol. The first-order chi connectivity index (χ1) is 17.6. The van der Waals surface area contributed by atoms with Crippen LogP contribution in [0.5, 0.6) is 5.75 Å². The number of hydrogen-bond donors (Lipinski definition) is 1. The van der Waals surface area contributed by atoms with Crippen LogP contribution in [-0.2, 0) is 7.05 Å². The summed E-state index contributed by atoms with van der Waals surface area (Å²) in [7, 11) is 3.61. The molecule has 2 aromatic carbocycles. The zero-order chi connectivity index (χ0) is 25.3. The second-order valence-corrected chi connectivity index (χ2v) is 9.42. The largest absolute Gasteiger partial charge is 0.497 e. The van der Waals surface area contributed by atoms with Crippen LogP contribution in [0.2, 0.25) is 0 Å². The Balaban J connectivity index is 1.58. The number of fused-ring (bicyclic) bond motifs is 1. The number of ether oxygens (including phenoxy) is 1. The SMILES string of the molecule is COc1cc(C)cc(N(CCCNCCCCCCl)c2ccc3ncc(-c4cnn(C)c4)nc3c2)c1. The lowest BCUT2D eigenvalue weighted by molar-refractivity contribution is 0.414. The average molecular weight is 507 g/mol. The summed E-state index contributed by atoms with van der Waals surface area (Å²) in [6.45, 7) is 4.94. The predicted octanol–water partition coefficient (Wildman–Crippen LogP) is 5.87. The van der Waals surface area contributed by atoms with Crippen LogP contribution < -0.4 is 15.0 Å². The standard InChI is InChI=1S/C28H35ClN6O/c1-21-14-24(16-25(15-21)36-3)35(13-7-12-30-11-6-4-5-10-29)23-8-9-26-27(17-23)33-28(19-31-26)22-18-32-34(2)20-22/h8-9,14-20,30H,4-7,10-13H2,1-3H3. The fraction of sp³-hybridized carbons (Fsp3) is 0.393. The molecule has 0 unspecified atom stereocenters. The molecule has 2 aromatic heterocycles. The van der Waals surface area contributed by atoms with Crippen molar-refractivity contribution in [1.29, 1.82) is 0 Å². The van der Waals surface area contributed by atoms with Crippen molar-refractivity contribution in [2.24, 2.45) is 7.05 Å². The predicted molar refractivity (Wildman–Crippen MR) is 149 cm³/mol. The third-order valence-electron chi connectivity index (χ3n) is 6.14. The van der Waals surface area contributed by atoms with Crippen LogP contribution in [-0.4, -0.2) is 52.4 Å². The normalized spacial score (nSPS) is 11.2. The van der Waals surface area contributed by atoms with Gasteiger partial charge in [-0.25, -0.2) is 4.98 Å². The van der Waals surface area contributed by atoms with E-state index in [1.165, 1.54) is 6.42 Å². The lowest BCUT2D eigenvalue weighted by Gasteiger charge is -2.26. The third kappa shape index (κ3) is 6.74. The van der Waals surface area contributed by atoms with Gasteiger partial charge in [0.1, 0.15) is 5.75 Å². The molecule has 2 heterocycles. The van der Waals surface area contributed by atoms with Gasteiger partial charge >= 0.3 is 0 Å². The first-order valence-electron chi connectivity index (χ1n) is 12.5. The van der Waals surface area contributed by atoms with Crippen LogP contribution in [0.4, 0.5) is 11.4 Å². The highest BCUT2D eigenvalue weighted by Gasteiger charge is 2.13.